The van der Waals surface area contributed by atoms with E-state index >= 15 is 0 Å². The van der Waals surface area contributed by atoms with Crippen molar-refractivity contribution < 1.29 is 32.4 Å². The molecule has 1 aliphatic carbocycles. The van der Waals surface area contributed by atoms with E-state index in [0.29, 0.717) is 10.6 Å². The number of benzene rings is 1. The average molecular weight is 360 g/mol. The fourth-order valence-electron chi connectivity index (χ4n) is 2.13. The maximum atomic E-state index is 12.2. The molecular formula is C16H21F3N3O3+. The van der Waals surface area contributed by atoms with Crippen LogP contribution in [-0.2, 0) is 9.59 Å². The highest BCUT2D eigenvalue weighted by Gasteiger charge is 2.31. The van der Waals surface area contributed by atoms with E-state index in [4.69, 9.17) is 0 Å². The van der Waals surface area contributed by atoms with Crippen molar-refractivity contribution in [3.63, 3.8) is 0 Å². The van der Waals surface area contributed by atoms with Crippen LogP contribution < -0.4 is 20.3 Å². The number of hydrogen-bond donors (Lipinski definition) is 3. The van der Waals surface area contributed by atoms with Gasteiger partial charge in [-0.3, -0.25) is 9.59 Å². The zero-order chi connectivity index (χ0) is 18.6. The molecule has 0 aromatic heterocycles. The van der Waals surface area contributed by atoms with Crippen molar-refractivity contribution in [1.29, 1.82) is 0 Å². The molecule has 0 bridgehead atoms. The summed E-state index contributed by atoms with van der Waals surface area (Å²) in [5, 5.41) is 5.47. The van der Waals surface area contributed by atoms with Gasteiger partial charge in [0.15, 0.2) is 12.6 Å². The third-order valence-corrected chi connectivity index (χ3v) is 3.87. The number of carbonyl (C=O) groups excluding carboxylic acids is 2. The lowest BCUT2D eigenvalue weighted by atomic mass is 10.2. The van der Waals surface area contributed by atoms with Gasteiger partial charge in [-0.05, 0) is 44.0 Å². The van der Waals surface area contributed by atoms with Crippen molar-refractivity contribution in [2.45, 2.75) is 38.2 Å². The molecule has 3 N–H and O–H groups in total. The number of nitrogens with one attached hydrogen (secondary N) is 3. The lowest BCUT2D eigenvalue weighted by molar-refractivity contribution is -0.885. The summed E-state index contributed by atoms with van der Waals surface area (Å²) in [5.41, 5.74) is 0.349. The van der Waals surface area contributed by atoms with Gasteiger partial charge >= 0.3 is 6.36 Å². The van der Waals surface area contributed by atoms with Crippen molar-refractivity contribution in [1.82, 2.24) is 5.32 Å². The highest BCUT2D eigenvalue weighted by molar-refractivity contribution is 5.93. The third kappa shape index (κ3) is 6.61. The van der Waals surface area contributed by atoms with Crippen LogP contribution >= 0.6 is 0 Å². The number of hydrogen-bond acceptors (Lipinski definition) is 3. The van der Waals surface area contributed by atoms with Gasteiger partial charge in [0, 0.05) is 11.7 Å². The maximum absolute atomic E-state index is 12.2. The topological polar surface area (TPSA) is 71.9 Å². The normalized spacial score (nSPS) is 16.7. The van der Waals surface area contributed by atoms with Gasteiger partial charge in [0.05, 0.1) is 7.05 Å². The Morgan fingerprint density at radius 1 is 1.28 bits per heavy atom. The molecule has 138 valence electrons. The lowest BCUT2D eigenvalue weighted by Crippen LogP contribution is -3.15. The molecule has 1 fully saturated rings. The number of amides is 2. The Balaban J connectivity index is 1.83. The van der Waals surface area contributed by atoms with Crippen LogP contribution in [0.3, 0.4) is 0 Å². The third-order valence-electron chi connectivity index (χ3n) is 3.87. The van der Waals surface area contributed by atoms with Crippen molar-refractivity contribution in [3.05, 3.63) is 24.3 Å². The summed E-state index contributed by atoms with van der Waals surface area (Å²) in [4.78, 5) is 24.7. The molecule has 9 heteroatoms. The second-order valence-electron chi connectivity index (χ2n) is 6.15. The molecule has 1 unspecified atom stereocenters. The van der Waals surface area contributed by atoms with Gasteiger partial charge < -0.3 is 20.3 Å². The van der Waals surface area contributed by atoms with E-state index in [1.54, 1.807) is 14.0 Å². The molecule has 0 radical (unpaired) electrons. The number of likely N-dealkylation sites (N-methyl/N-ethyl adjacent to an activating group) is 1. The predicted octanol–water partition coefficient (Wildman–Crippen LogP) is 0.705. The first kappa shape index (κ1) is 19.0. The minimum Gasteiger partial charge on any atom is -0.406 e. The van der Waals surface area contributed by atoms with Gasteiger partial charge in [0.2, 0.25) is 0 Å². The van der Waals surface area contributed by atoms with Crippen LogP contribution in [0, 0.1) is 0 Å². The molecule has 0 aliphatic heterocycles. The molecule has 6 nitrogen and oxygen atoms in total. The molecule has 25 heavy (non-hydrogen) atoms. The molecule has 0 heterocycles. The Labute approximate surface area is 143 Å². The van der Waals surface area contributed by atoms with Crippen LogP contribution in [0.25, 0.3) is 0 Å². The molecule has 1 aromatic carbocycles. The van der Waals surface area contributed by atoms with Crippen molar-refractivity contribution in [2.24, 2.45) is 0 Å². The summed E-state index contributed by atoms with van der Waals surface area (Å²) in [7, 11) is 1.73. The van der Waals surface area contributed by atoms with Crippen molar-refractivity contribution >= 4 is 17.5 Å². The van der Waals surface area contributed by atoms with Gasteiger partial charge in [-0.25, -0.2) is 0 Å². The summed E-state index contributed by atoms with van der Waals surface area (Å²) < 4.78 is 40.1. The summed E-state index contributed by atoms with van der Waals surface area (Å²) >= 11 is 0. The molecule has 1 aromatic rings. The summed E-state index contributed by atoms with van der Waals surface area (Å²) in [5.74, 6) is -0.799. The Morgan fingerprint density at radius 3 is 2.40 bits per heavy atom. The molecule has 0 spiro atoms. The molecule has 2 amide bonds. The standard InChI is InChI=1S/C16H20F3N3O3/c1-10(22(2)9-14(23)20-11-3-4-11)15(24)21-12-5-7-13(8-6-12)25-16(17,18)19/h5-8,10-11H,3-4,9H2,1-2H3,(H,20,23)(H,21,24)/p+1/t10-/m0/s1. The molecule has 2 rings (SSSR count). The van der Waals surface area contributed by atoms with Gasteiger partial charge in [-0.15, -0.1) is 13.2 Å². The number of carbonyl (C=O) groups is 2. The first-order chi connectivity index (χ1) is 11.6. The predicted molar refractivity (Wildman–Crippen MR) is 84.1 cm³/mol. The summed E-state index contributed by atoms with van der Waals surface area (Å²) in [6.07, 6.45) is -2.77. The number of rotatable bonds is 7. The Hall–Kier alpha value is -2.29. The second-order valence-corrected chi connectivity index (χ2v) is 6.15. The first-order valence-electron chi connectivity index (χ1n) is 7.92. The van der Waals surface area contributed by atoms with Crippen LogP contribution in [0.1, 0.15) is 19.8 Å². The van der Waals surface area contributed by atoms with Crippen molar-refractivity contribution in [3.8, 4) is 5.75 Å². The zero-order valence-corrected chi connectivity index (χ0v) is 13.9. The van der Waals surface area contributed by atoms with Crippen LogP contribution in [0.4, 0.5) is 18.9 Å². The second kappa shape index (κ2) is 7.73. The Morgan fingerprint density at radius 2 is 1.88 bits per heavy atom. The monoisotopic (exact) mass is 360 g/mol. The van der Waals surface area contributed by atoms with Gasteiger partial charge in [0.25, 0.3) is 11.8 Å². The van der Waals surface area contributed by atoms with E-state index in [-0.39, 0.29) is 30.2 Å². The van der Waals surface area contributed by atoms with Crippen LogP contribution in [0.2, 0.25) is 0 Å². The molecule has 1 saturated carbocycles. The van der Waals surface area contributed by atoms with E-state index in [0.717, 1.165) is 25.0 Å². The van der Waals surface area contributed by atoms with E-state index < -0.39 is 12.4 Å². The lowest BCUT2D eigenvalue weighted by Gasteiger charge is -2.20. The van der Waals surface area contributed by atoms with Crippen LogP contribution in [0.5, 0.6) is 5.75 Å². The number of halogens is 3. The molecular weight excluding hydrogens is 339 g/mol. The number of ether oxygens (including phenoxy) is 1. The fourth-order valence-corrected chi connectivity index (χ4v) is 2.13. The molecule has 0 saturated heterocycles. The van der Waals surface area contributed by atoms with E-state index in [2.05, 4.69) is 15.4 Å². The van der Waals surface area contributed by atoms with Crippen molar-refractivity contribution in [2.75, 3.05) is 18.9 Å². The number of anilines is 1. The van der Waals surface area contributed by atoms with E-state index in [1.165, 1.54) is 12.1 Å². The SMILES string of the molecule is C[C@@H](C(=O)Nc1ccc(OC(F)(F)F)cc1)[NH+](C)CC(=O)NC1CC1. The first-order valence-corrected chi connectivity index (χ1v) is 7.92. The maximum Gasteiger partial charge on any atom is 0.573 e. The van der Waals surface area contributed by atoms with Gasteiger partial charge in [0.1, 0.15) is 5.75 Å². The summed E-state index contributed by atoms with van der Waals surface area (Å²) in [6, 6.07) is 4.64. The quantitative estimate of drug-likeness (QED) is 0.671. The highest BCUT2D eigenvalue weighted by Crippen LogP contribution is 2.23. The smallest absolute Gasteiger partial charge is 0.406 e. The number of quaternary nitrogens is 1. The van der Waals surface area contributed by atoms with E-state index in [1.807, 2.05) is 0 Å². The molecule has 1 aliphatic rings. The highest BCUT2D eigenvalue weighted by atomic mass is 19.4. The minimum absolute atomic E-state index is 0.103. The zero-order valence-electron chi connectivity index (χ0n) is 13.9. The van der Waals surface area contributed by atoms with Gasteiger partial charge in [-0.2, -0.15) is 0 Å². The largest absolute Gasteiger partial charge is 0.573 e. The average Bonchev–Trinajstić information content (AvgIpc) is 3.30. The van der Waals surface area contributed by atoms with Gasteiger partial charge in [-0.1, -0.05) is 0 Å². The molecule has 2 atom stereocenters. The fraction of sp³-hybridized carbons (Fsp3) is 0.500. The summed E-state index contributed by atoms with van der Waals surface area (Å²) in [6.45, 7) is 1.85. The minimum atomic E-state index is -4.76. The van der Waals surface area contributed by atoms with Crippen LogP contribution in [-0.4, -0.2) is 43.9 Å². The number of alkyl halides is 3. The van der Waals surface area contributed by atoms with Crippen LogP contribution in [0.15, 0.2) is 24.3 Å². The Bertz CT molecular complexity index is 615. The van der Waals surface area contributed by atoms with E-state index in [9.17, 15) is 22.8 Å². The Kier molecular flexibility index (Phi) is 5.89.